The molecule has 104 valence electrons. The second-order valence-corrected chi connectivity index (χ2v) is 4.42. The van der Waals surface area contributed by atoms with Gasteiger partial charge in [-0.05, 0) is 42.0 Å². The Labute approximate surface area is 145 Å². The second-order valence-electron chi connectivity index (χ2n) is 4.42. The number of hydrogen-bond donors (Lipinski definition) is 2. The van der Waals surface area contributed by atoms with E-state index in [1.807, 2.05) is 18.2 Å². The number of rotatable bonds is 4. The van der Waals surface area contributed by atoms with Crippen LogP contribution in [-0.2, 0) is 6.54 Å². The smallest absolute Gasteiger partial charge is 1.00 e. The molecule has 5 nitrogen and oxygen atoms in total. The SMILES string of the molecule is O=C(O)c1ccc(NCc2ccc3c(c2)OCO3)cc1.[H-].[Na+]. The van der Waals surface area contributed by atoms with Gasteiger partial charge in [-0.1, -0.05) is 6.07 Å². The van der Waals surface area contributed by atoms with Crippen LogP contribution in [0.5, 0.6) is 11.5 Å². The van der Waals surface area contributed by atoms with Crippen LogP contribution < -0.4 is 44.3 Å². The van der Waals surface area contributed by atoms with Gasteiger partial charge in [-0.25, -0.2) is 4.79 Å². The molecule has 21 heavy (non-hydrogen) atoms. The molecule has 0 fully saturated rings. The summed E-state index contributed by atoms with van der Waals surface area (Å²) >= 11 is 0. The minimum absolute atomic E-state index is 0. The third-order valence-corrected chi connectivity index (χ3v) is 3.07. The van der Waals surface area contributed by atoms with Gasteiger partial charge in [-0.15, -0.1) is 0 Å². The maximum absolute atomic E-state index is 10.8. The summed E-state index contributed by atoms with van der Waals surface area (Å²) in [4.78, 5) is 10.8. The van der Waals surface area contributed by atoms with E-state index in [1.54, 1.807) is 24.3 Å². The van der Waals surface area contributed by atoms with E-state index in [1.165, 1.54) is 0 Å². The molecule has 1 aliphatic rings. The number of hydrogen-bond acceptors (Lipinski definition) is 4. The Bertz CT molecular complexity index is 648. The standard InChI is InChI=1S/C15H13NO4.Na.H/c17-15(18)11-2-4-12(5-3-11)16-8-10-1-6-13-14(7-10)20-9-19-13;;/h1-7,16H,8-9H2,(H,17,18);;/q;+1;-1. The third-order valence-electron chi connectivity index (χ3n) is 3.07. The molecular weight excluding hydrogens is 281 g/mol. The minimum Gasteiger partial charge on any atom is -1.00 e. The average molecular weight is 295 g/mol. The van der Waals surface area contributed by atoms with Crippen molar-refractivity contribution in [1.82, 2.24) is 0 Å². The topological polar surface area (TPSA) is 67.8 Å². The van der Waals surface area contributed by atoms with Crippen molar-refractivity contribution in [1.29, 1.82) is 0 Å². The number of anilines is 1. The first kappa shape index (κ1) is 15.7. The van der Waals surface area contributed by atoms with E-state index in [9.17, 15) is 4.79 Å². The Morgan fingerprint density at radius 2 is 1.86 bits per heavy atom. The first-order valence-electron chi connectivity index (χ1n) is 6.18. The quantitative estimate of drug-likeness (QED) is 0.767. The van der Waals surface area contributed by atoms with Crippen LogP contribution in [0.2, 0.25) is 0 Å². The zero-order chi connectivity index (χ0) is 13.9. The van der Waals surface area contributed by atoms with Crippen molar-refractivity contribution in [3.8, 4) is 11.5 Å². The first-order chi connectivity index (χ1) is 9.72. The summed E-state index contributed by atoms with van der Waals surface area (Å²) in [5.41, 5.74) is 2.21. The number of nitrogens with one attached hydrogen (secondary N) is 1. The zero-order valence-electron chi connectivity index (χ0n) is 12.6. The van der Waals surface area contributed by atoms with Crippen molar-refractivity contribution in [2.75, 3.05) is 12.1 Å². The van der Waals surface area contributed by atoms with Crippen LogP contribution in [0.25, 0.3) is 0 Å². The number of carboxylic acid groups (broad SMARTS) is 1. The molecule has 2 aromatic rings. The predicted molar refractivity (Wildman–Crippen MR) is 74.4 cm³/mol. The Balaban J connectivity index is 0.00000121. The molecule has 0 unspecified atom stereocenters. The van der Waals surface area contributed by atoms with E-state index < -0.39 is 5.97 Å². The van der Waals surface area contributed by atoms with Crippen molar-refractivity contribution in [3.05, 3.63) is 53.6 Å². The molecule has 1 aliphatic heterocycles. The van der Waals surface area contributed by atoms with Gasteiger partial charge >= 0.3 is 35.5 Å². The predicted octanol–water partition coefficient (Wildman–Crippen LogP) is -0.158. The summed E-state index contributed by atoms with van der Waals surface area (Å²) in [5, 5.41) is 12.1. The van der Waals surface area contributed by atoms with E-state index in [0.717, 1.165) is 22.7 Å². The monoisotopic (exact) mass is 295 g/mol. The summed E-state index contributed by atoms with van der Waals surface area (Å²) in [6, 6.07) is 12.4. The van der Waals surface area contributed by atoms with Gasteiger partial charge in [0.1, 0.15) is 0 Å². The van der Waals surface area contributed by atoms with E-state index in [0.29, 0.717) is 6.54 Å². The van der Waals surface area contributed by atoms with Crippen LogP contribution in [0.15, 0.2) is 42.5 Å². The second kappa shape index (κ2) is 6.85. The van der Waals surface area contributed by atoms with Gasteiger partial charge in [0.15, 0.2) is 11.5 Å². The number of benzene rings is 2. The Morgan fingerprint density at radius 1 is 1.14 bits per heavy atom. The number of carbonyl (C=O) groups is 1. The largest absolute Gasteiger partial charge is 1.00 e. The van der Waals surface area contributed by atoms with E-state index >= 15 is 0 Å². The number of fused-ring (bicyclic) bond motifs is 1. The number of aromatic carboxylic acids is 1. The first-order valence-corrected chi connectivity index (χ1v) is 6.18. The minimum atomic E-state index is -0.924. The molecule has 2 aromatic carbocycles. The molecular formula is C15H14NNaO4. The number of carboxylic acids is 1. The molecule has 0 atom stereocenters. The van der Waals surface area contributed by atoms with E-state index in [4.69, 9.17) is 14.6 Å². The van der Waals surface area contributed by atoms with E-state index in [2.05, 4.69) is 5.32 Å². The van der Waals surface area contributed by atoms with Gasteiger partial charge in [0.25, 0.3) is 0 Å². The van der Waals surface area contributed by atoms with Crippen LogP contribution in [0.3, 0.4) is 0 Å². The van der Waals surface area contributed by atoms with Crippen molar-refractivity contribution in [3.63, 3.8) is 0 Å². The molecule has 0 saturated heterocycles. The van der Waals surface area contributed by atoms with E-state index in [-0.39, 0.29) is 43.3 Å². The van der Waals surface area contributed by atoms with Crippen molar-refractivity contribution in [2.24, 2.45) is 0 Å². The molecule has 2 N–H and O–H groups in total. The van der Waals surface area contributed by atoms with Gasteiger partial charge in [-0.3, -0.25) is 0 Å². The molecule has 1 heterocycles. The fourth-order valence-corrected chi connectivity index (χ4v) is 1.99. The molecule has 0 aliphatic carbocycles. The Hall–Kier alpha value is -1.69. The van der Waals surface area contributed by atoms with Crippen LogP contribution in [0, 0.1) is 0 Å². The number of ether oxygens (including phenoxy) is 2. The molecule has 6 heteroatoms. The normalized spacial score (nSPS) is 11.6. The maximum atomic E-state index is 10.8. The van der Waals surface area contributed by atoms with Gasteiger partial charge < -0.3 is 21.3 Å². The van der Waals surface area contributed by atoms with Gasteiger partial charge in [-0.2, -0.15) is 0 Å². The molecule has 0 spiro atoms. The summed E-state index contributed by atoms with van der Waals surface area (Å²) < 4.78 is 10.6. The Morgan fingerprint density at radius 3 is 2.57 bits per heavy atom. The molecule has 0 amide bonds. The van der Waals surface area contributed by atoms with Crippen LogP contribution in [0.4, 0.5) is 5.69 Å². The summed E-state index contributed by atoms with van der Waals surface area (Å²) in [7, 11) is 0. The summed E-state index contributed by atoms with van der Waals surface area (Å²) in [5.74, 6) is 0.595. The van der Waals surface area contributed by atoms with Crippen LogP contribution >= 0.6 is 0 Å². The molecule has 0 radical (unpaired) electrons. The molecule has 0 bridgehead atoms. The van der Waals surface area contributed by atoms with Crippen molar-refractivity contribution < 1.29 is 50.4 Å². The van der Waals surface area contributed by atoms with Crippen LogP contribution in [-0.4, -0.2) is 17.9 Å². The van der Waals surface area contributed by atoms with Gasteiger partial charge in [0.05, 0.1) is 5.56 Å². The third kappa shape index (κ3) is 3.69. The summed E-state index contributed by atoms with van der Waals surface area (Å²) in [6.45, 7) is 0.895. The van der Waals surface area contributed by atoms with Crippen LogP contribution in [0.1, 0.15) is 17.3 Å². The average Bonchev–Trinajstić information content (AvgIpc) is 2.93. The summed E-state index contributed by atoms with van der Waals surface area (Å²) in [6.07, 6.45) is 0. The fourth-order valence-electron chi connectivity index (χ4n) is 1.99. The maximum Gasteiger partial charge on any atom is 1.00 e. The molecule has 0 saturated carbocycles. The van der Waals surface area contributed by atoms with Crippen molar-refractivity contribution >= 4 is 11.7 Å². The zero-order valence-corrected chi connectivity index (χ0v) is 13.6. The van der Waals surface area contributed by atoms with Gasteiger partial charge in [0.2, 0.25) is 6.79 Å². The molecule has 3 rings (SSSR count). The van der Waals surface area contributed by atoms with Gasteiger partial charge in [0, 0.05) is 12.2 Å². The molecule has 0 aromatic heterocycles. The van der Waals surface area contributed by atoms with Crippen molar-refractivity contribution in [2.45, 2.75) is 6.54 Å². The Kier molecular flexibility index (Phi) is 5.12. The fraction of sp³-hybridized carbons (Fsp3) is 0.133.